The van der Waals surface area contributed by atoms with Gasteiger partial charge >= 0.3 is 0 Å². The molecule has 6 nitrogen and oxygen atoms in total. The molecule has 32 heavy (non-hydrogen) atoms. The van der Waals surface area contributed by atoms with Crippen molar-refractivity contribution in [1.29, 1.82) is 0 Å². The number of hydrogen-bond donors (Lipinski definition) is 3. The highest BCUT2D eigenvalue weighted by molar-refractivity contribution is 6.05. The largest absolute Gasteiger partial charge is 0.507 e. The second-order valence-electron chi connectivity index (χ2n) is 9.32. The normalized spacial score (nSPS) is 24.9. The quantitative estimate of drug-likeness (QED) is 0.444. The van der Waals surface area contributed by atoms with Gasteiger partial charge in [-0.2, -0.15) is 0 Å². The van der Waals surface area contributed by atoms with Gasteiger partial charge in [-0.3, -0.25) is 14.5 Å². The van der Waals surface area contributed by atoms with E-state index in [9.17, 15) is 24.9 Å². The standard InChI is InChI=1S/C26H35NO5/c1-6-18-12-19-23(26(32)27(5)25(19)31)20(13-28)22(18)21(29)8-7-14(2)9-17-10-15(3)24(30)16(4)11-17/h9-11,19-21,23,28-30H,6-8,12-13H2,1-5H3/b14-9+/t19-,20+,21-,23-/m1/s1. The molecule has 6 heteroatoms. The number of imide groups is 1. The van der Waals surface area contributed by atoms with Gasteiger partial charge < -0.3 is 15.3 Å². The van der Waals surface area contributed by atoms with Gasteiger partial charge in [0.05, 0.1) is 24.5 Å². The van der Waals surface area contributed by atoms with Crippen LogP contribution in [0.2, 0.25) is 0 Å². The number of likely N-dealkylation sites (tertiary alicyclic amines) is 1. The molecule has 2 aliphatic rings. The lowest BCUT2D eigenvalue weighted by molar-refractivity contribution is -0.138. The van der Waals surface area contributed by atoms with Crippen molar-refractivity contribution in [2.45, 2.75) is 59.5 Å². The summed E-state index contributed by atoms with van der Waals surface area (Å²) in [7, 11) is 1.50. The summed E-state index contributed by atoms with van der Waals surface area (Å²) < 4.78 is 0. The van der Waals surface area contributed by atoms with Crippen LogP contribution in [0.3, 0.4) is 0 Å². The SMILES string of the molecule is CCC1=C([C@H](O)CC/C(C)=C/c2cc(C)c(O)c(C)c2)[C@H](CO)[C@@H]2C(=O)N(C)C(=O)[C@@H]2C1. The van der Waals surface area contributed by atoms with Crippen molar-refractivity contribution >= 4 is 17.9 Å². The van der Waals surface area contributed by atoms with Crippen LogP contribution in [0.15, 0.2) is 28.9 Å². The fourth-order valence-corrected chi connectivity index (χ4v) is 5.40. The Morgan fingerprint density at radius 1 is 1.22 bits per heavy atom. The topological polar surface area (TPSA) is 98.1 Å². The summed E-state index contributed by atoms with van der Waals surface area (Å²) in [6.45, 7) is 7.48. The summed E-state index contributed by atoms with van der Waals surface area (Å²) in [6, 6.07) is 3.87. The molecule has 1 aromatic rings. The van der Waals surface area contributed by atoms with E-state index in [2.05, 4.69) is 6.08 Å². The first-order valence-electron chi connectivity index (χ1n) is 11.4. The Morgan fingerprint density at radius 3 is 2.41 bits per heavy atom. The maximum absolute atomic E-state index is 12.7. The predicted molar refractivity (Wildman–Crippen MR) is 124 cm³/mol. The van der Waals surface area contributed by atoms with Crippen LogP contribution in [0.25, 0.3) is 6.08 Å². The zero-order valence-electron chi connectivity index (χ0n) is 19.7. The number of fused-ring (bicyclic) bond motifs is 1. The fraction of sp³-hybridized carbons (Fsp3) is 0.538. The van der Waals surface area contributed by atoms with Crippen LogP contribution >= 0.6 is 0 Å². The minimum atomic E-state index is -0.775. The summed E-state index contributed by atoms with van der Waals surface area (Å²) in [6.07, 6.45) is 3.56. The van der Waals surface area contributed by atoms with E-state index in [1.165, 1.54) is 11.9 Å². The van der Waals surface area contributed by atoms with E-state index in [0.717, 1.165) is 33.4 Å². The van der Waals surface area contributed by atoms with E-state index in [0.29, 0.717) is 31.4 Å². The zero-order valence-corrected chi connectivity index (χ0v) is 19.7. The van der Waals surface area contributed by atoms with Crippen LogP contribution in [0.4, 0.5) is 0 Å². The van der Waals surface area contributed by atoms with E-state index in [1.54, 1.807) is 0 Å². The van der Waals surface area contributed by atoms with Gasteiger partial charge in [-0.1, -0.05) is 24.1 Å². The number of hydrogen-bond acceptors (Lipinski definition) is 5. The Balaban J connectivity index is 1.80. The molecule has 4 atom stereocenters. The van der Waals surface area contributed by atoms with E-state index in [4.69, 9.17) is 0 Å². The number of benzene rings is 1. The smallest absolute Gasteiger partial charge is 0.233 e. The number of carbonyl (C=O) groups is 2. The summed E-state index contributed by atoms with van der Waals surface area (Å²) >= 11 is 0. The van der Waals surface area contributed by atoms with Crippen LogP contribution in [-0.2, 0) is 9.59 Å². The van der Waals surface area contributed by atoms with Crippen molar-refractivity contribution < 1.29 is 24.9 Å². The highest BCUT2D eigenvalue weighted by Crippen LogP contribution is 2.46. The Bertz CT molecular complexity index is 953. The van der Waals surface area contributed by atoms with Crippen molar-refractivity contribution in [2.75, 3.05) is 13.7 Å². The molecule has 1 aliphatic heterocycles. The Kier molecular flexibility index (Phi) is 7.25. The number of aryl methyl sites for hydroxylation is 2. The van der Waals surface area contributed by atoms with Crippen molar-refractivity contribution in [1.82, 2.24) is 4.90 Å². The lowest BCUT2D eigenvalue weighted by Crippen LogP contribution is -2.38. The molecular formula is C26H35NO5. The summed E-state index contributed by atoms with van der Waals surface area (Å²) in [5, 5.41) is 31.2. The Labute approximate surface area is 190 Å². The van der Waals surface area contributed by atoms with Crippen LogP contribution in [-0.4, -0.2) is 51.8 Å². The van der Waals surface area contributed by atoms with Gasteiger partial charge in [-0.05, 0) is 80.9 Å². The third-order valence-corrected chi connectivity index (χ3v) is 7.13. The lowest BCUT2D eigenvalue weighted by atomic mass is 9.67. The van der Waals surface area contributed by atoms with E-state index in [-0.39, 0.29) is 18.4 Å². The van der Waals surface area contributed by atoms with Gasteiger partial charge in [0.25, 0.3) is 0 Å². The predicted octanol–water partition coefficient (Wildman–Crippen LogP) is 3.50. The fourth-order valence-electron chi connectivity index (χ4n) is 5.40. The number of rotatable bonds is 7. The first-order chi connectivity index (χ1) is 15.1. The molecule has 0 radical (unpaired) electrons. The molecule has 0 aromatic heterocycles. The molecule has 1 aromatic carbocycles. The maximum atomic E-state index is 12.7. The third kappa shape index (κ3) is 4.39. The maximum Gasteiger partial charge on any atom is 0.233 e. The van der Waals surface area contributed by atoms with Gasteiger partial charge in [0.1, 0.15) is 5.75 Å². The van der Waals surface area contributed by atoms with E-state index < -0.39 is 23.9 Å². The van der Waals surface area contributed by atoms with Crippen LogP contribution in [0, 0.1) is 31.6 Å². The summed E-state index contributed by atoms with van der Waals surface area (Å²) in [5.74, 6) is -1.67. The highest BCUT2D eigenvalue weighted by atomic mass is 16.3. The number of phenols is 1. The molecule has 1 saturated heterocycles. The van der Waals surface area contributed by atoms with Gasteiger partial charge in [0, 0.05) is 13.0 Å². The minimum Gasteiger partial charge on any atom is -0.507 e. The molecule has 0 unspecified atom stereocenters. The molecule has 1 fully saturated rings. The van der Waals surface area contributed by atoms with Gasteiger partial charge in [-0.25, -0.2) is 0 Å². The molecule has 0 saturated carbocycles. The van der Waals surface area contributed by atoms with E-state index in [1.807, 2.05) is 39.8 Å². The second kappa shape index (κ2) is 9.59. The number of phenolic OH excluding ortho intramolecular Hbond substituents is 1. The van der Waals surface area contributed by atoms with Crippen LogP contribution in [0.1, 0.15) is 56.2 Å². The Hall–Kier alpha value is -2.44. The number of amides is 2. The number of carbonyl (C=O) groups excluding carboxylic acids is 2. The van der Waals surface area contributed by atoms with Crippen molar-refractivity contribution in [2.24, 2.45) is 17.8 Å². The molecule has 1 heterocycles. The number of nitrogens with zero attached hydrogens (tertiary/aromatic N) is 1. The van der Waals surface area contributed by atoms with E-state index >= 15 is 0 Å². The monoisotopic (exact) mass is 441 g/mol. The van der Waals surface area contributed by atoms with Crippen LogP contribution < -0.4 is 0 Å². The minimum absolute atomic E-state index is 0.184. The van der Waals surface area contributed by atoms with Gasteiger partial charge in [0.15, 0.2) is 0 Å². The first kappa shape index (κ1) is 24.2. The molecule has 3 rings (SSSR count). The lowest BCUT2D eigenvalue weighted by Gasteiger charge is -2.36. The van der Waals surface area contributed by atoms with Gasteiger partial charge in [0.2, 0.25) is 11.8 Å². The average Bonchev–Trinajstić information content (AvgIpc) is 2.98. The average molecular weight is 442 g/mol. The molecule has 0 spiro atoms. The van der Waals surface area contributed by atoms with Crippen molar-refractivity contribution in [3.8, 4) is 5.75 Å². The molecular weight excluding hydrogens is 406 g/mol. The summed E-state index contributed by atoms with van der Waals surface area (Å²) in [4.78, 5) is 26.4. The second-order valence-corrected chi connectivity index (χ2v) is 9.32. The zero-order chi connectivity index (χ0) is 23.7. The number of allylic oxidation sites excluding steroid dienone is 2. The third-order valence-electron chi connectivity index (χ3n) is 7.13. The molecule has 1 aliphatic carbocycles. The molecule has 2 amide bonds. The summed E-state index contributed by atoms with van der Waals surface area (Å²) in [5.41, 5.74) is 5.48. The van der Waals surface area contributed by atoms with Gasteiger partial charge in [-0.15, -0.1) is 0 Å². The van der Waals surface area contributed by atoms with Crippen LogP contribution in [0.5, 0.6) is 5.75 Å². The highest BCUT2D eigenvalue weighted by Gasteiger charge is 2.53. The van der Waals surface area contributed by atoms with Crippen molar-refractivity contribution in [3.05, 3.63) is 45.5 Å². The Morgan fingerprint density at radius 2 is 1.84 bits per heavy atom. The number of aromatic hydroxyl groups is 1. The van der Waals surface area contributed by atoms with Crippen molar-refractivity contribution in [3.63, 3.8) is 0 Å². The molecule has 3 N–H and O–H groups in total. The molecule has 174 valence electrons. The molecule has 0 bridgehead atoms. The number of aliphatic hydroxyl groups excluding tert-OH is 2. The number of aliphatic hydroxyl groups is 2. The first-order valence-corrected chi connectivity index (χ1v) is 11.4.